The lowest BCUT2D eigenvalue weighted by Crippen LogP contribution is -2.14. The van der Waals surface area contributed by atoms with Gasteiger partial charge in [-0.25, -0.2) is 4.57 Å². The first-order valence-corrected chi connectivity index (χ1v) is 20.0. The summed E-state index contributed by atoms with van der Waals surface area (Å²) >= 11 is 0. The molecular formula is C50H51N5O4. The normalized spacial score (nSPS) is 11.1. The van der Waals surface area contributed by atoms with Gasteiger partial charge in [-0.3, -0.25) is 0 Å². The highest BCUT2D eigenvalue weighted by atomic mass is 16.5. The molecule has 300 valence electrons. The molecule has 2 aromatic heterocycles. The standard InChI is InChI=1S/C36H37N5O3.C14H14O/c1-25(2)30-21-31(34(44-24-27-12-8-5-9-13-27)22-33(30)43-23-26-10-6-4-7-11-26)35-38-39-36(42)41(35)29-14-15-32-28(20-29)16-18-40(32)19-17-37-3;1-3-7-13(8-4-1)11-15-12-14-9-5-2-6-10-14/h4-16,18,20-22,25,37H,17,19,23-24H2,1-3H3,(H,39,42);1-10H,11-12H2. The van der Waals surface area contributed by atoms with Crippen molar-refractivity contribution in [1.82, 2.24) is 24.6 Å². The minimum atomic E-state index is -0.196. The SMILES string of the molecule is CNCCn1ccc2cc(-n3c(O)nnc3-c3cc(C(C)C)c(OCc4ccccc4)cc3OCc3ccccc3)ccc21.c1ccc(COCc2ccccc2)cc1. The summed E-state index contributed by atoms with van der Waals surface area (Å²) in [4.78, 5) is 0. The summed E-state index contributed by atoms with van der Waals surface area (Å²) < 4.78 is 22.3. The molecule has 2 heterocycles. The van der Waals surface area contributed by atoms with E-state index in [4.69, 9.17) is 14.2 Å². The van der Waals surface area contributed by atoms with E-state index in [1.54, 1.807) is 4.57 Å². The topological polar surface area (TPSA) is 95.6 Å². The summed E-state index contributed by atoms with van der Waals surface area (Å²) in [5, 5.41) is 23.8. The Morgan fingerprint density at radius 1 is 0.610 bits per heavy atom. The first-order chi connectivity index (χ1) is 29.0. The first-order valence-electron chi connectivity index (χ1n) is 20.0. The predicted molar refractivity (Wildman–Crippen MR) is 235 cm³/mol. The molecular weight excluding hydrogens is 735 g/mol. The van der Waals surface area contributed by atoms with E-state index in [1.165, 1.54) is 11.1 Å². The lowest BCUT2D eigenvalue weighted by atomic mass is 9.98. The van der Waals surface area contributed by atoms with Crippen molar-refractivity contribution in [2.24, 2.45) is 0 Å². The van der Waals surface area contributed by atoms with Crippen LogP contribution in [-0.2, 0) is 37.7 Å². The molecule has 0 fully saturated rings. The van der Waals surface area contributed by atoms with E-state index in [9.17, 15) is 5.11 Å². The third-order valence-electron chi connectivity index (χ3n) is 9.93. The molecule has 0 saturated carbocycles. The van der Waals surface area contributed by atoms with E-state index in [0.29, 0.717) is 38.0 Å². The summed E-state index contributed by atoms with van der Waals surface area (Å²) in [5.74, 6) is 1.97. The molecule has 0 bridgehead atoms. The van der Waals surface area contributed by atoms with Crippen molar-refractivity contribution in [2.75, 3.05) is 13.6 Å². The molecule has 0 unspecified atom stereocenters. The van der Waals surface area contributed by atoms with Crippen molar-refractivity contribution >= 4 is 10.9 Å². The van der Waals surface area contributed by atoms with Crippen molar-refractivity contribution in [2.45, 2.75) is 52.7 Å². The third kappa shape index (κ3) is 10.6. The average Bonchev–Trinajstić information content (AvgIpc) is 3.88. The summed E-state index contributed by atoms with van der Waals surface area (Å²) in [7, 11) is 1.95. The van der Waals surface area contributed by atoms with Crippen LogP contribution in [0.3, 0.4) is 0 Å². The molecule has 8 aromatic rings. The smallest absolute Gasteiger partial charge is 0.319 e. The number of aromatic nitrogens is 4. The average molecular weight is 786 g/mol. The molecule has 0 aliphatic heterocycles. The monoisotopic (exact) mass is 785 g/mol. The molecule has 9 nitrogen and oxygen atoms in total. The number of hydrogen-bond acceptors (Lipinski definition) is 7. The van der Waals surface area contributed by atoms with Crippen LogP contribution in [0.1, 0.15) is 47.6 Å². The fraction of sp³-hybridized carbons (Fsp3) is 0.200. The predicted octanol–water partition coefficient (Wildman–Crippen LogP) is 10.5. The maximum atomic E-state index is 11.0. The van der Waals surface area contributed by atoms with Gasteiger partial charge in [-0.15, -0.1) is 5.10 Å². The third-order valence-corrected chi connectivity index (χ3v) is 9.93. The highest BCUT2D eigenvalue weighted by Crippen LogP contribution is 2.41. The Bertz CT molecular complexity index is 2460. The Kier molecular flexibility index (Phi) is 13.8. The molecule has 59 heavy (non-hydrogen) atoms. The number of hydrogen-bond donors (Lipinski definition) is 2. The molecule has 0 amide bonds. The van der Waals surface area contributed by atoms with Crippen molar-refractivity contribution in [1.29, 1.82) is 0 Å². The number of benzene rings is 6. The maximum Gasteiger partial charge on any atom is 0.319 e. The van der Waals surface area contributed by atoms with E-state index in [-0.39, 0.29) is 11.9 Å². The van der Waals surface area contributed by atoms with Gasteiger partial charge in [0.25, 0.3) is 0 Å². The lowest BCUT2D eigenvalue weighted by Gasteiger charge is -2.20. The van der Waals surface area contributed by atoms with Gasteiger partial charge in [0.1, 0.15) is 24.7 Å². The van der Waals surface area contributed by atoms with Crippen LogP contribution in [0.25, 0.3) is 28.0 Å². The van der Waals surface area contributed by atoms with Crippen LogP contribution < -0.4 is 14.8 Å². The van der Waals surface area contributed by atoms with Crippen LogP contribution in [0, 0.1) is 0 Å². The van der Waals surface area contributed by atoms with Crippen LogP contribution in [0.15, 0.2) is 164 Å². The van der Waals surface area contributed by atoms with E-state index < -0.39 is 0 Å². The molecule has 2 N–H and O–H groups in total. The molecule has 6 aromatic carbocycles. The number of aromatic hydroxyl groups is 1. The Morgan fingerprint density at radius 3 is 1.69 bits per heavy atom. The summed E-state index contributed by atoms with van der Waals surface area (Å²) in [6.07, 6.45) is 2.08. The van der Waals surface area contributed by atoms with Gasteiger partial charge in [0, 0.05) is 36.3 Å². The van der Waals surface area contributed by atoms with Gasteiger partial charge in [0.05, 0.1) is 24.5 Å². The van der Waals surface area contributed by atoms with Crippen molar-refractivity contribution in [3.8, 4) is 34.6 Å². The van der Waals surface area contributed by atoms with Crippen LogP contribution in [0.4, 0.5) is 0 Å². The molecule has 9 heteroatoms. The molecule has 0 spiro atoms. The molecule has 0 aliphatic rings. The van der Waals surface area contributed by atoms with Crippen molar-refractivity contribution in [3.05, 3.63) is 192 Å². The number of fused-ring (bicyclic) bond motifs is 1. The van der Waals surface area contributed by atoms with Crippen molar-refractivity contribution < 1.29 is 19.3 Å². The summed E-state index contributed by atoms with van der Waals surface area (Å²) in [6, 6.07) is 52.6. The zero-order valence-corrected chi connectivity index (χ0v) is 33.9. The fourth-order valence-electron chi connectivity index (χ4n) is 6.80. The number of ether oxygens (including phenoxy) is 3. The minimum absolute atomic E-state index is 0.154. The van der Waals surface area contributed by atoms with E-state index in [2.05, 4.69) is 82.6 Å². The number of nitrogens with one attached hydrogen (secondary N) is 1. The number of nitrogens with zero attached hydrogens (tertiary/aromatic N) is 4. The van der Waals surface area contributed by atoms with Crippen LogP contribution >= 0.6 is 0 Å². The lowest BCUT2D eigenvalue weighted by molar-refractivity contribution is 0.107. The summed E-state index contributed by atoms with van der Waals surface area (Å²) in [6.45, 7) is 8.15. The Hall–Kier alpha value is -6.68. The second-order valence-corrected chi connectivity index (χ2v) is 14.6. The first kappa shape index (κ1) is 40.5. The maximum absolute atomic E-state index is 11.0. The van der Waals surface area contributed by atoms with Gasteiger partial charge < -0.3 is 29.2 Å². The zero-order valence-electron chi connectivity index (χ0n) is 33.9. The van der Waals surface area contributed by atoms with E-state index in [1.807, 2.05) is 122 Å². The summed E-state index contributed by atoms with van der Waals surface area (Å²) in [5.41, 5.74) is 8.15. The second-order valence-electron chi connectivity index (χ2n) is 14.6. The van der Waals surface area contributed by atoms with Gasteiger partial charge in [-0.1, -0.05) is 140 Å². The van der Waals surface area contributed by atoms with Gasteiger partial charge in [-0.05, 0) is 71.1 Å². The van der Waals surface area contributed by atoms with E-state index in [0.717, 1.165) is 57.7 Å². The Balaban J connectivity index is 0.000000295. The molecule has 8 rings (SSSR count). The largest absolute Gasteiger partial charge is 0.488 e. The van der Waals surface area contributed by atoms with Gasteiger partial charge in [-0.2, -0.15) is 0 Å². The highest BCUT2D eigenvalue weighted by Gasteiger charge is 2.23. The minimum Gasteiger partial charge on any atom is -0.488 e. The van der Waals surface area contributed by atoms with Gasteiger partial charge >= 0.3 is 6.01 Å². The van der Waals surface area contributed by atoms with Crippen LogP contribution in [0.5, 0.6) is 17.5 Å². The molecule has 0 aliphatic carbocycles. The Labute approximate surface area is 346 Å². The quantitative estimate of drug-likeness (QED) is 0.101. The zero-order chi connectivity index (χ0) is 40.8. The van der Waals surface area contributed by atoms with E-state index >= 15 is 0 Å². The number of likely N-dealkylation sites (N-methyl/N-ethyl adjacent to an activating group) is 1. The van der Waals surface area contributed by atoms with Crippen LogP contribution in [0.2, 0.25) is 0 Å². The molecule has 0 radical (unpaired) electrons. The van der Waals surface area contributed by atoms with Gasteiger partial charge in [0.2, 0.25) is 0 Å². The second kappa shape index (κ2) is 20.1. The molecule has 0 saturated heterocycles. The highest BCUT2D eigenvalue weighted by molar-refractivity contribution is 5.83. The van der Waals surface area contributed by atoms with Gasteiger partial charge in [0.15, 0.2) is 5.82 Å². The Morgan fingerprint density at radius 2 is 1.15 bits per heavy atom. The number of rotatable bonds is 16. The van der Waals surface area contributed by atoms with Crippen LogP contribution in [-0.4, -0.2) is 38.0 Å². The molecule has 0 atom stereocenters. The van der Waals surface area contributed by atoms with Crippen molar-refractivity contribution in [3.63, 3.8) is 0 Å². The fourth-order valence-corrected chi connectivity index (χ4v) is 6.80.